The quantitative estimate of drug-likeness (QED) is 0.756. The van der Waals surface area contributed by atoms with E-state index in [0.717, 1.165) is 11.3 Å². The van der Waals surface area contributed by atoms with E-state index in [1.165, 1.54) is 10.4 Å². The van der Waals surface area contributed by atoms with Crippen molar-refractivity contribution in [3.05, 3.63) is 16.1 Å². The van der Waals surface area contributed by atoms with E-state index in [9.17, 15) is 9.59 Å². The van der Waals surface area contributed by atoms with E-state index in [0.29, 0.717) is 0 Å². The van der Waals surface area contributed by atoms with Gasteiger partial charge in [-0.1, -0.05) is 0 Å². The summed E-state index contributed by atoms with van der Waals surface area (Å²) >= 11 is 0.945. The summed E-state index contributed by atoms with van der Waals surface area (Å²) in [5.74, 6) is -1.51. The van der Waals surface area contributed by atoms with E-state index in [4.69, 9.17) is 5.11 Å². The van der Waals surface area contributed by atoms with Gasteiger partial charge in [0.2, 0.25) is 0 Å². The molecule has 0 radical (unpaired) electrons. The Morgan fingerprint density at radius 1 is 1.54 bits per heavy atom. The van der Waals surface area contributed by atoms with Crippen LogP contribution in [0.15, 0.2) is 5.51 Å². The zero-order valence-corrected chi connectivity index (χ0v) is 7.96. The van der Waals surface area contributed by atoms with Crippen LogP contribution in [0.2, 0.25) is 0 Å². The number of carboxylic acids is 1. The third kappa shape index (κ3) is 1.83. The van der Waals surface area contributed by atoms with Crippen LogP contribution in [0.3, 0.4) is 0 Å². The Hall–Kier alpha value is -1.43. The molecule has 0 saturated heterocycles. The molecule has 1 heterocycles. The van der Waals surface area contributed by atoms with Gasteiger partial charge in [-0.05, 0) is 0 Å². The maximum absolute atomic E-state index is 11.3. The fraction of sp³-hybridized carbons (Fsp3) is 0.286. The average Bonchev–Trinajstić information content (AvgIpc) is 2.50. The summed E-state index contributed by atoms with van der Waals surface area (Å²) in [6.45, 7) is 0. The topological polar surface area (TPSA) is 70.5 Å². The fourth-order valence-electron chi connectivity index (χ4n) is 0.762. The monoisotopic (exact) mass is 200 g/mol. The minimum atomic E-state index is -1.12. The number of nitrogens with zero attached hydrogens (tertiary/aromatic N) is 2. The minimum absolute atomic E-state index is 0.00231. The molecule has 0 aromatic carbocycles. The van der Waals surface area contributed by atoms with Crippen molar-refractivity contribution in [1.82, 2.24) is 9.88 Å². The largest absolute Gasteiger partial charge is 0.477 e. The first kappa shape index (κ1) is 9.66. The molecule has 0 aliphatic carbocycles. The number of aromatic carboxylic acids is 1. The third-order valence-electron chi connectivity index (χ3n) is 1.37. The Morgan fingerprint density at radius 2 is 2.15 bits per heavy atom. The van der Waals surface area contributed by atoms with Gasteiger partial charge >= 0.3 is 5.97 Å². The molecule has 70 valence electrons. The standard InChI is InChI=1S/C7H8N2O3S/c1-9(2)6(10)4-5(7(11)12)13-3-8-4/h3H,1-2H3,(H,11,12). The highest BCUT2D eigenvalue weighted by Crippen LogP contribution is 2.14. The summed E-state index contributed by atoms with van der Waals surface area (Å²) in [4.78, 5) is 26.9. The van der Waals surface area contributed by atoms with E-state index < -0.39 is 11.9 Å². The molecule has 0 aliphatic heterocycles. The first-order valence-electron chi connectivity index (χ1n) is 3.42. The van der Waals surface area contributed by atoms with Crippen molar-refractivity contribution in [1.29, 1.82) is 0 Å². The SMILES string of the molecule is CN(C)C(=O)c1ncsc1C(=O)O. The van der Waals surface area contributed by atoms with Crippen LogP contribution >= 0.6 is 11.3 Å². The Morgan fingerprint density at radius 3 is 2.62 bits per heavy atom. The molecule has 0 unspecified atom stereocenters. The van der Waals surface area contributed by atoms with Gasteiger partial charge in [0.1, 0.15) is 4.88 Å². The van der Waals surface area contributed by atoms with Crippen LogP contribution in [0.4, 0.5) is 0 Å². The molecular formula is C7H8N2O3S. The molecule has 0 saturated carbocycles. The number of carbonyl (C=O) groups is 2. The lowest BCUT2D eigenvalue weighted by Gasteiger charge is -2.07. The summed E-state index contributed by atoms with van der Waals surface area (Å²) in [6.07, 6.45) is 0. The molecule has 1 rings (SSSR count). The number of hydrogen-bond acceptors (Lipinski definition) is 4. The summed E-state index contributed by atoms with van der Waals surface area (Å²) in [7, 11) is 3.10. The van der Waals surface area contributed by atoms with Crippen LogP contribution in [0, 0.1) is 0 Å². The number of rotatable bonds is 2. The van der Waals surface area contributed by atoms with Crippen molar-refractivity contribution in [2.75, 3.05) is 14.1 Å². The van der Waals surface area contributed by atoms with Crippen molar-refractivity contribution < 1.29 is 14.7 Å². The van der Waals surface area contributed by atoms with Gasteiger partial charge in [-0.3, -0.25) is 4.79 Å². The van der Waals surface area contributed by atoms with E-state index in [2.05, 4.69) is 4.98 Å². The number of amides is 1. The van der Waals surface area contributed by atoms with Crippen molar-refractivity contribution in [3.8, 4) is 0 Å². The van der Waals surface area contributed by atoms with Crippen molar-refractivity contribution in [3.63, 3.8) is 0 Å². The highest BCUT2D eigenvalue weighted by atomic mass is 32.1. The Labute approximate surface area is 78.6 Å². The minimum Gasteiger partial charge on any atom is -0.477 e. The number of aromatic nitrogens is 1. The third-order valence-corrected chi connectivity index (χ3v) is 2.18. The van der Waals surface area contributed by atoms with Gasteiger partial charge in [0.15, 0.2) is 5.69 Å². The molecule has 0 aliphatic rings. The lowest BCUT2D eigenvalue weighted by atomic mass is 10.3. The van der Waals surface area contributed by atoms with E-state index >= 15 is 0 Å². The lowest BCUT2D eigenvalue weighted by molar-refractivity contribution is 0.0689. The number of hydrogen-bond donors (Lipinski definition) is 1. The molecule has 1 amide bonds. The number of thiazole rings is 1. The zero-order valence-electron chi connectivity index (χ0n) is 7.14. The maximum atomic E-state index is 11.3. The Bertz CT molecular complexity index is 345. The van der Waals surface area contributed by atoms with E-state index in [-0.39, 0.29) is 10.6 Å². The highest BCUT2D eigenvalue weighted by molar-refractivity contribution is 7.12. The first-order chi connectivity index (χ1) is 6.04. The second-order valence-corrected chi connectivity index (χ2v) is 3.39. The second kappa shape index (κ2) is 3.53. The van der Waals surface area contributed by atoms with Crippen LogP contribution in [0.5, 0.6) is 0 Å². The maximum Gasteiger partial charge on any atom is 0.348 e. The van der Waals surface area contributed by atoms with Gasteiger partial charge in [-0.25, -0.2) is 9.78 Å². The van der Waals surface area contributed by atoms with Crippen molar-refractivity contribution in [2.45, 2.75) is 0 Å². The molecule has 0 spiro atoms. The summed E-state index contributed by atoms with van der Waals surface area (Å²) in [5.41, 5.74) is 1.35. The van der Waals surface area contributed by atoms with Crippen LogP contribution in [-0.2, 0) is 0 Å². The molecular weight excluding hydrogens is 192 g/mol. The molecule has 1 N–H and O–H groups in total. The smallest absolute Gasteiger partial charge is 0.348 e. The van der Waals surface area contributed by atoms with Gasteiger partial charge in [-0.15, -0.1) is 11.3 Å². The molecule has 1 aromatic rings. The molecule has 13 heavy (non-hydrogen) atoms. The Kier molecular flexibility index (Phi) is 2.62. The predicted octanol–water partition coefficient (Wildman–Crippen LogP) is 0.543. The van der Waals surface area contributed by atoms with Crippen LogP contribution in [-0.4, -0.2) is 41.0 Å². The highest BCUT2D eigenvalue weighted by Gasteiger charge is 2.20. The predicted molar refractivity (Wildman–Crippen MR) is 47.1 cm³/mol. The molecule has 1 aromatic heterocycles. The fourth-order valence-corrected chi connectivity index (χ4v) is 1.38. The van der Waals surface area contributed by atoms with Crippen LogP contribution in [0.25, 0.3) is 0 Å². The molecule has 0 bridgehead atoms. The van der Waals surface area contributed by atoms with Crippen LogP contribution in [0.1, 0.15) is 20.2 Å². The van der Waals surface area contributed by atoms with E-state index in [1.54, 1.807) is 14.1 Å². The van der Waals surface area contributed by atoms with Crippen molar-refractivity contribution >= 4 is 23.2 Å². The average molecular weight is 200 g/mol. The second-order valence-electron chi connectivity index (χ2n) is 2.53. The molecule has 6 heteroatoms. The number of carboxylic acid groups (broad SMARTS) is 1. The normalized spacial score (nSPS) is 9.69. The summed E-state index contributed by atoms with van der Waals surface area (Å²) < 4.78 is 0. The van der Waals surface area contributed by atoms with E-state index in [1.807, 2.05) is 0 Å². The molecule has 0 fully saturated rings. The molecule has 5 nitrogen and oxygen atoms in total. The zero-order chi connectivity index (χ0) is 10.0. The Balaban J connectivity index is 3.08. The van der Waals surface area contributed by atoms with Gasteiger partial charge < -0.3 is 10.0 Å². The summed E-state index contributed by atoms with van der Waals surface area (Å²) in [6, 6.07) is 0. The van der Waals surface area contributed by atoms with Gasteiger partial charge in [0.25, 0.3) is 5.91 Å². The van der Waals surface area contributed by atoms with Crippen molar-refractivity contribution in [2.24, 2.45) is 0 Å². The van der Waals surface area contributed by atoms with Gasteiger partial charge in [0, 0.05) is 14.1 Å². The van der Waals surface area contributed by atoms with Gasteiger partial charge in [-0.2, -0.15) is 0 Å². The molecule has 0 atom stereocenters. The van der Waals surface area contributed by atoms with Crippen LogP contribution < -0.4 is 0 Å². The lowest BCUT2D eigenvalue weighted by Crippen LogP contribution is -2.23. The van der Waals surface area contributed by atoms with Gasteiger partial charge in [0.05, 0.1) is 5.51 Å². The summed E-state index contributed by atoms with van der Waals surface area (Å²) in [5, 5.41) is 8.68. The number of carbonyl (C=O) groups excluding carboxylic acids is 1. The first-order valence-corrected chi connectivity index (χ1v) is 4.30.